The third-order valence-electron chi connectivity index (χ3n) is 5.96. The van der Waals surface area contributed by atoms with Gasteiger partial charge in [-0.1, -0.05) is 47.5 Å². The third-order valence-corrected chi connectivity index (χ3v) is 6.47. The van der Waals surface area contributed by atoms with Crippen LogP contribution < -0.4 is 14.8 Å². The molecule has 6 nitrogen and oxygen atoms in total. The van der Waals surface area contributed by atoms with E-state index in [0.29, 0.717) is 33.8 Å². The van der Waals surface area contributed by atoms with Gasteiger partial charge in [-0.3, -0.25) is 0 Å². The number of nitrogens with zero attached hydrogens (tertiary/aromatic N) is 2. The highest BCUT2D eigenvalue weighted by Crippen LogP contribution is 2.31. The first-order valence-electron chi connectivity index (χ1n) is 11.6. The molecule has 1 heterocycles. The molecule has 1 aliphatic heterocycles. The minimum Gasteiger partial charge on any atom is -0.497 e. The number of carbonyl (C=O) groups is 1. The van der Waals surface area contributed by atoms with Crippen molar-refractivity contribution in [2.75, 3.05) is 19.0 Å². The van der Waals surface area contributed by atoms with Gasteiger partial charge in [0.25, 0.3) is 0 Å². The van der Waals surface area contributed by atoms with Crippen LogP contribution in [-0.2, 0) is 0 Å². The molecule has 1 N–H and O–H groups in total. The Hall–Kier alpha value is -4.00. The van der Waals surface area contributed by atoms with Gasteiger partial charge in [-0.15, -0.1) is 0 Å². The number of benzene rings is 4. The molecule has 1 atom stereocenters. The Kier molecular flexibility index (Phi) is 7.30. The van der Waals surface area contributed by atoms with E-state index in [4.69, 9.17) is 32.7 Å². The van der Waals surface area contributed by atoms with Gasteiger partial charge in [-0.05, 0) is 83.9 Å². The standard InChI is InChI=1S/C29H23Cl2N3O3/c1-36-24-14-16-26(17-15-24)37-25-12-10-23(11-13-25)32-29(35)34-18-27(19-2-6-21(30)7-3-19)28(33-34)20-4-8-22(31)9-5-20/h2-17,27H,18H2,1H3,(H,32,35). The van der Waals surface area contributed by atoms with Crippen molar-refractivity contribution in [1.82, 2.24) is 5.01 Å². The Morgan fingerprint density at radius 2 is 1.35 bits per heavy atom. The summed E-state index contributed by atoms with van der Waals surface area (Å²) in [5.41, 5.74) is 3.34. The molecule has 1 unspecified atom stereocenters. The molecule has 0 spiro atoms. The fourth-order valence-corrected chi connectivity index (χ4v) is 4.29. The zero-order valence-electron chi connectivity index (χ0n) is 19.9. The van der Waals surface area contributed by atoms with E-state index < -0.39 is 0 Å². The highest BCUT2D eigenvalue weighted by atomic mass is 35.5. The number of nitrogens with one attached hydrogen (secondary N) is 1. The molecule has 1 aliphatic rings. The quantitative estimate of drug-likeness (QED) is 0.275. The Balaban J connectivity index is 1.30. The van der Waals surface area contributed by atoms with Crippen molar-refractivity contribution >= 4 is 40.6 Å². The van der Waals surface area contributed by atoms with Crippen molar-refractivity contribution in [2.45, 2.75) is 5.92 Å². The molecule has 0 saturated carbocycles. The topological polar surface area (TPSA) is 63.2 Å². The number of halogens is 2. The summed E-state index contributed by atoms with van der Waals surface area (Å²) in [6.07, 6.45) is 0. The number of anilines is 1. The fraction of sp³-hybridized carbons (Fsp3) is 0.103. The Morgan fingerprint density at radius 3 is 1.95 bits per heavy atom. The predicted octanol–water partition coefficient (Wildman–Crippen LogP) is 7.83. The summed E-state index contributed by atoms with van der Waals surface area (Å²) < 4.78 is 11.0. The van der Waals surface area contributed by atoms with E-state index in [9.17, 15) is 4.79 Å². The summed E-state index contributed by atoms with van der Waals surface area (Å²) in [7, 11) is 1.62. The lowest BCUT2D eigenvalue weighted by molar-refractivity contribution is 0.218. The van der Waals surface area contributed by atoms with E-state index in [2.05, 4.69) is 10.4 Å². The number of amides is 2. The molecular weight excluding hydrogens is 509 g/mol. The van der Waals surface area contributed by atoms with Crippen LogP contribution in [0, 0.1) is 0 Å². The van der Waals surface area contributed by atoms with Crippen LogP contribution in [0.4, 0.5) is 10.5 Å². The molecule has 0 aliphatic carbocycles. The molecule has 2 amide bonds. The number of hydrogen-bond donors (Lipinski definition) is 1. The zero-order valence-corrected chi connectivity index (χ0v) is 21.4. The first kappa shape index (κ1) is 24.7. The van der Waals surface area contributed by atoms with Crippen LogP contribution in [0.25, 0.3) is 0 Å². The summed E-state index contributed by atoms with van der Waals surface area (Å²) in [6.45, 7) is 0.393. The Bertz CT molecular complexity index is 1410. The number of methoxy groups -OCH3 is 1. The second kappa shape index (κ2) is 10.9. The maximum Gasteiger partial charge on any atom is 0.342 e. The second-order valence-electron chi connectivity index (χ2n) is 8.41. The largest absolute Gasteiger partial charge is 0.497 e. The summed E-state index contributed by atoms with van der Waals surface area (Å²) in [4.78, 5) is 13.1. The third kappa shape index (κ3) is 5.88. The van der Waals surface area contributed by atoms with Gasteiger partial charge < -0.3 is 14.8 Å². The highest BCUT2D eigenvalue weighted by Gasteiger charge is 2.32. The normalized spacial score (nSPS) is 14.7. The van der Waals surface area contributed by atoms with Crippen molar-refractivity contribution in [2.24, 2.45) is 5.10 Å². The lowest BCUT2D eigenvalue weighted by Crippen LogP contribution is -2.30. The molecule has 37 heavy (non-hydrogen) atoms. The van der Waals surface area contributed by atoms with Gasteiger partial charge in [0.05, 0.1) is 19.4 Å². The van der Waals surface area contributed by atoms with Crippen LogP contribution in [0.15, 0.2) is 102 Å². The predicted molar refractivity (Wildman–Crippen MR) is 147 cm³/mol. The minimum absolute atomic E-state index is 0.107. The first-order valence-corrected chi connectivity index (χ1v) is 12.3. The smallest absolute Gasteiger partial charge is 0.342 e. The Morgan fingerprint density at radius 1 is 0.811 bits per heavy atom. The lowest BCUT2D eigenvalue weighted by Gasteiger charge is -2.16. The number of carbonyl (C=O) groups excluding carboxylic acids is 1. The van der Waals surface area contributed by atoms with Gasteiger partial charge in [0, 0.05) is 21.7 Å². The summed E-state index contributed by atoms with van der Waals surface area (Å²) in [5.74, 6) is 1.99. The molecule has 0 aromatic heterocycles. The van der Waals surface area contributed by atoms with E-state index >= 15 is 0 Å². The van der Waals surface area contributed by atoms with E-state index in [1.165, 1.54) is 5.01 Å². The highest BCUT2D eigenvalue weighted by molar-refractivity contribution is 6.31. The number of urea groups is 1. The van der Waals surface area contributed by atoms with Crippen molar-refractivity contribution < 1.29 is 14.3 Å². The van der Waals surface area contributed by atoms with Crippen molar-refractivity contribution in [1.29, 1.82) is 0 Å². The van der Waals surface area contributed by atoms with E-state index in [-0.39, 0.29) is 11.9 Å². The number of hydrogen-bond acceptors (Lipinski definition) is 4. The van der Waals surface area contributed by atoms with Crippen LogP contribution in [0.2, 0.25) is 10.0 Å². The SMILES string of the molecule is COc1ccc(Oc2ccc(NC(=O)N3CC(c4ccc(Cl)cc4)C(c4ccc(Cl)cc4)=N3)cc2)cc1. The first-order chi connectivity index (χ1) is 18.0. The van der Waals surface area contributed by atoms with Gasteiger partial charge in [0.1, 0.15) is 17.2 Å². The molecule has 4 aromatic rings. The van der Waals surface area contributed by atoms with Gasteiger partial charge in [-0.25, -0.2) is 9.80 Å². The number of ether oxygens (including phenoxy) is 2. The maximum atomic E-state index is 13.1. The summed E-state index contributed by atoms with van der Waals surface area (Å²) in [6, 6.07) is 29.2. The molecule has 0 bridgehead atoms. The van der Waals surface area contributed by atoms with Crippen LogP contribution in [0.1, 0.15) is 17.0 Å². The molecule has 0 saturated heterocycles. The monoisotopic (exact) mass is 531 g/mol. The molecule has 186 valence electrons. The van der Waals surface area contributed by atoms with Gasteiger partial charge in [0.2, 0.25) is 0 Å². The van der Waals surface area contributed by atoms with Gasteiger partial charge in [-0.2, -0.15) is 5.10 Å². The number of rotatable bonds is 6. The van der Waals surface area contributed by atoms with Crippen molar-refractivity contribution in [3.63, 3.8) is 0 Å². The van der Waals surface area contributed by atoms with Crippen LogP contribution in [0.5, 0.6) is 17.2 Å². The van der Waals surface area contributed by atoms with E-state index in [0.717, 1.165) is 22.6 Å². The maximum absolute atomic E-state index is 13.1. The molecule has 5 rings (SSSR count). The van der Waals surface area contributed by atoms with E-state index in [1.54, 1.807) is 31.4 Å². The van der Waals surface area contributed by atoms with E-state index in [1.807, 2.05) is 72.8 Å². The average Bonchev–Trinajstić information content (AvgIpc) is 3.37. The van der Waals surface area contributed by atoms with Crippen LogP contribution in [-0.4, -0.2) is 30.4 Å². The molecule has 0 radical (unpaired) electrons. The molecule has 8 heteroatoms. The molecule has 4 aromatic carbocycles. The number of hydrazone groups is 1. The minimum atomic E-state index is -0.327. The zero-order chi connectivity index (χ0) is 25.8. The Labute approximate surface area is 225 Å². The van der Waals surface area contributed by atoms with Crippen molar-refractivity contribution in [3.8, 4) is 17.2 Å². The average molecular weight is 532 g/mol. The van der Waals surface area contributed by atoms with Crippen LogP contribution >= 0.6 is 23.2 Å². The van der Waals surface area contributed by atoms with Crippen molar-refractivity contribution in [3.05, 3.63) is 118 Å². The lowest BCUT2D eigenvalue weighted by atomic mass is 9.91. The summed E-state index contributed by atoms with van der Waals surface area (Å²) >= 11 is 12.2. The molecular formula is C29H23Cl2N3O3. The van der Waals surface area contributed by atoms with Gasteiger partial charge in [0.15, 0.2) is 0 Å². The molecule has 0 fully saturated rings. The summed E-state index contributed by atoms with van der Waals surface area (Å²) in [5, 5.41) is 10.3. The van der Waals surface area contributed by atoms with Gasteiger partial charge >= 0.3 is 6.03 Å². The second-order valence-corrected chi connectivity index (χ2v) is 9.28. The fourth-order valence-electron chi connectivity index (χ4n) is 4.04. The van der Waals surface area contributed by atoms with Crippen LogP contribution in [0.3, 0.4) is 0 Å².